The number of fused-ring (bicyclic) bond motifs is 1. The molecule has 1 aromatic carbocycles. The van der Waals surface area contributed by atoms with E-state index in [4.69, 9.17) is 0 Å². The number of likely N-dealkylation sites (tertiary alicyclic amines) is 1. The Labute approximate surface area is 194 Å². The Morgan fingerprint density at radius 2 is 2.12 bits per heavy atom. The van der Waals surface area contributed by atoms with Crippen LogP contribution >= 0.6 is 11.3 Å². The van der Waals surface area contributed by atoms with Crippen molar-refractivity contribution in [2.75, 3.05) is 6.54 Å². The normalized spacial score (nSPS) is 23.2. The van der Waals surface area contributed by atoms with Crippen molar-refractivity contribution in [1.29, 1.82) is 0 Å². The van der Waals surface area contributed by atoms with Crippen molar-refractivity contribution in [1.82, 2.24) is 15.2 Å². The topological polar surface area (TPSA) is 82.5 Å². The number of β-amino-alcohol motifs (C(OH)–C–C–N with tert-alkyl or cyclic N) is 1. The van der Waals surface area contributed by atoms with Crippen molar-refractivity contribution in [3.05, 3.63) is 40.5 Å². The highest BCUT2D eigenvalue weighted by atomic mass is 32.1. The molecule has 2 amide bonds. The lowest BCUT2D eigenvalue weighted by Gasteiger charge is -2.27. The van der Waals surface area contributed by atoms with Gasteiger partial charge in [-0.25, -0.2) is 4.98 Å². The summed E-state index contributed by atoms with van der Waals surface area (Å²) < 4.78 is 0. The molecule has 1 aromatic heterocycles. The van der Waals surface area contributed by atoms with Crippen LogP contribution in [-0.2, 0) is 16.0 Å². The van der Waals surface area contributed by atoms with Gasteiger partial charge in [-0.3, -0.25) is 9.59 Å². The summed E-state index contributed by atoms with van der Waals surface area (Å²) in [5.41, 5.74) is 6.54. The van der Waals surface area contributed by atoms with E-state index in [-0.39, 0.29) is 30.3 Å². The molecule has 0 spiro atoms. The van der Waals surface area contributed by atoms with Gasteiger partial charge in [-0.2, -0.15) is 0 Å². The highest BCUT2D eigenvalue weighted by molar-refractivity contribution is 7.13. The number of hydrogen-bond acceptors (Lipinski definition) is 5. The summed E-state index contributed by atoms with van der Waals surface area (Å²) in [5, 5.41) is 13.4. The number of rotatable bonds is 5. The SMILES string of the molecule is Cc1ncsc1-c1ccc2c(c1)CCCC[C@@H]2NC(=O)[C@@H]1C[C@@H](O)CN1C(=O)CC(C)C. The number of amides is 2. The average molecular weight is 456 g/mol. The van der Waals surface area contributed by atoms with Crippen molar-refractivity contribution in [3.8, 4) is 10.4 Å². The van der Waals surface area contributed by atoms with Gasteiger partial charge in [0.25, 0.3) is 0 Å². The first-order chi connectivity index (χ1) is 15.3. The molecule has 3 atom stereocenters. The maximum absolute atomic E-state index is 13.3. The molecule has 172 valence electrons. The lowest BCUT2D eigenvalue weighted by Crippen LogP contribution is -2.47. The molecule has 32 heavy (non-hydrogen) atoms. The number of carbonyl (C=O) groups excluding carboxylic acids is 2. The molecule has 1 aliphatic heterocycles. The van der Waals surface area contributed by atoms with E-state index in [1.165, 1.54) is 21.6 Å². The second-order valence-corrected chi connectivity index (χ2v) is 10.4. The molecule has 1 fully saturated rings. The fraction of sp³-hybridized carbons (Fsp3) is 0.560. The van der Waals surface area contributed by atoms with Gasteiger partial charge in [0.2, 0.25) is 11.8 Å². The number of carbonyl (C=O) groups is 2. The molecule has 1 saturated heterocycles. The van der Waals surface area contributed by atoms with Crippen LogP contribution in [0, 0.1) is 12.8 Å². The monoisotopic (exact) mass is 455 g/mol. The predicted molar refractivity (Wildman–Crippen MR) is 126 cm³/mol. The number of hydrogen-bond donors (Lipinski definition) is 2. The van der Waals surface area contributed by atoms with Gasteiger partial charge in [0, 0.05) is 19.4 Å². The second kappa shape index (κ2) is 9.71. The van der Waals surface area contributed by atoms with Crippen molar-refractivity contribution >= 4 is 23.2 Å². The number of nitrogens with zero attached hydrogens (tertiary/aromatic N) is 2. The van der Waals surface area contributed by atoms with E-state index >= 15 is 0 Å². The minimum absolute atomic E-state index is 0.0532. The Bertz CT molecular complexity index is 987. The molecule has 0 unspecified atom stereocenters. The van der Waals surface area contributed by atoms with Gasteiger partial charge in [0.15, 0.2) is 0 Å². The minimum Gasteiger partial charge on any atom is -0.391 e. The molecule has 0 saturated carbocycles. The lowest BCUT2D eigenvalue weighted by molar-refractivity contribution is -0.139. The first-order valence-electron chi connectivity index (χ1n) is 11.6. The Morgan fingerprint density at radius 1 is 1.31 bits per heavy atom. The van der Waals surface area contributed by atoms with Crippen LogP contribution in [0.15, 0.2) is 23.7 Å². The minimum atomic E-state index is -0.645. The summed E-state index contributed by atoms with van der Waals surface area (Å²) in [6, 6.07) is 5.85. The Balaban J connectivity index is 1.53. The number of aromatic nitrogens is 1. The molecule has 7 heteroatoms. The molecule has 2 heterocycles. The number of thiazole rings is 1. The number of benzene rings is 1. The Morgan fingerprint density at radius 3 is 2.84 bits per heavy atom. The van der Waals surface area contributed by atoms with E-state index in [1.807, 2.05) is 26.3 Å². The summed E-state index contributed by atoms with van der Waals surface area (Å²) >= 11 is 1.65. The standard InChI is InChI=1S/C25H33N3O3S/c1-15(2)10-23(30)28-13-19(29)12-22(28)25(31)27-21-7-5-4-6-17-11-18(8-9-20(17)21)24-16(3)26-14-32-24/h8-9,11,14-15,19,21-22,29H,4-7,10,12-13H2,1-3H3,(H,27,31)/t19-,21+,22+/m1/s1. The van der Waals surface area contributed by atoms with Crippen molar-refractivity contribution in [3.63, 3.8) is 0 Å². The zero-order valence-corrected chi connectivity index (χ0v) is 20.0. The molecular weight excluding hydrogens is 422 g/mol. The van der Waals surface area contributed by atoms with Crippen LogP contribution in [0.1, 0.15) is 68.8 Å². The van der Waals surface area contributed by atoms with Crippen LogP contribution in [-0.4, -0.2) is 45.5 Å². The maximum atomic E-state index is 13.3. The molecule has 0 radical (unpaired) electrons. The van der Waals surface area contributed by atoms with E-state index in [2.05, 4.69) is 28.5 Å². The van der Waals surface area contributed by atoms with Crippen LogP contribution in [0.5, 0.6) is 0 Å². The van der Waals surface area contributed by atoms with Gasteiger partial charge < -0.3 is 15.3 Å². The zero-order chi connectivity index (χ0) is 22.8. The van der Waals surface area contributed by atoms with Crippen molar-refractivity contribution in [2.24, 2.45) is 5.92 Å². The van der Waals surface area contributed by atoms with E-state index in [9.17, 15) is 14.7 Å². The molecule has 0 bridgehead atoms. The summed E-state index contributed by atoms with van der Waals surface area (Å²) in [5.74, 6) is 0.00971. The number of aliphatic hydroxyl groups is 1. The molecule has 2 N–H and O–H groups in total. The second-order valence-electron chi connectivity index (χ2n) is 9.54. The van der Waals surface area contributed by atoms with E-state index in [1.54, 1.807) is 16.2 Å². The first kappa shape index (κ1) is 22.9. The molecule has 2 aliphatic rings. The quantitative estimate of drug-likeness (QED) is 0.668. The van der Waals surface area contributed by atoms with Crippen LogP contribution in [0.25, 0.3) is 10.4 Å². The molecule has 6 nitrogen and oxygen atoms in total. The maximum Gasteiger partial charge on any atom is 0.243 e. The highest BCUT2D eigenvalue weighted by Gasteiger charge is 2.39. The van der Waals surface area contributed by atoms with Crippen LogP contribution in [0.2, 0.25) is 0 Å². The Hall–Kier alpha value is -2.25. The van der Waals surface area contributed by atoms with Gasteiger partial charge in [0.05, 0.1) is 28.2 Å². The third kappa shape index (κ3) is 4.89. The van der Waals surface area contributed by atoms with E-state index in [0.29, 0.717) is 12.8 Å². The zero-order valence-electron chi connectivity index (χ0n) is 19.1. The highest BCUT2D eigenvalue weighted by Crippen LogP contribution is 2.35. The van der Waals surface area contributed by atoms with Gasteiger partial charge in [-0.05, 0) is 54.9 Å². The van der Waals surface area contributed by atoms with E-state index in [0.717, 1.165) is 31.4 Å². The number of aryl methyl sites for hydroxylation is 2. The number of aliphatic hydroxyl groups excluding tert-OH is 1. The van der Waals surface area contributed by atoms with Gasteiger partial charge in [0.1, 0.15) is 6.04 Å². The summed E-state index contributed by atoms with van der Waals surface area (Å²) in [4.78, 5) is 33.1. The third-order valence-corrected chi connectivity index (χ3v) is 7.49. The smallest absolute Gasteiger partial charge is 0.243 e. The summed E-state index contributed by atoms with van der Waals surface area (Å²) in [6.07, 6.45) is 4.06. The first-order valence-corrected chi connectivity index (χ1v) is 12.5. The molecule has 1 aliphatic carbocycles. The number of nitrogens with one attached hydrogen (secondary N) is 1. The molecule has 4 rings (SSSR count). The van der Waals surface area contributed by atoms with Crippen LogP contribution in [0.3, 0.4) is 0 Å². The average Bonchev–Trinajstić information content (AvgIpc) is 3.29. The lowest BCUT2D eigenvalue weighted by atomic mass is 9.95. The largest absolute Gasteiger partial charge is 0.391 e. The molecular formula is C25H33N3O3S. The van der Waals surface area contributed by atoms with Crippen LogP contribution < -0.4 is 5.32 Å². The Kier molecular flexibility index (Phi) is 6.96. The summed E-state index contributed by atoms with van der Waals surface area (Å²) in [7, 11) is 0. The third-order valence-electron chi connectivity index (χ3n) is 6.52. The fourth-order valence-corrected chi connectivity index (χ4v) is 5.73. The predicted octanol–water partition coefficient (Wildman–Crippen LogP) is 4.01. The van der Waals surface area contributed by atoms with Crippen molar-refractivity contribution in [2.45, 2.75) is 77.5 Å². The van der Waals surface area contributed by atoms with E-state index < -0.39 is 12.1 Å². The molecule has 2 aromatic rings. The van der Waals surface area contributed by atoms with Gasteiger partial charge in [-0.15, -0.1) is 11.3 Å². The summed E-state index contributed by atoms with van der Waals surface area (Å²) in [6.45, 7) is 6.25. The van der Waals surface area contributed by atoms with Crippen molar-refractivity contribution < 1.29 is 14.7 Å². The fourth-order valence-electron chi connectivity index (χ4n) is 4.92. The van der Waals surface area contributed by atoms with Gasteiger partial charge in [-0.1, -0.05) is 32.4 Å². The van der Waals surface area contributed by atoms with Gasteiger partial charge >= 0.3 is 0 Å². The van der Waals surface area contributed by atoms with Crippen LogP contribution in [0.4, 0.5) is 0 Å².